The average molecular weight is 169 g/mol. The summed E-state index contributed by atoms with van der Waals surface area (Å²) in [6.07, 6.45) is 1.25. The molecule has 3 heteroatoms. The largest absolute Gasteiger partial charge is 0.378 e. The summed E-state index contributed by atoms with van der Waals surface area (Å²) in [7, 11) is 0. The summed E-state index contributed by atoms with van der Waals surface area (Å²) in [5.41, 5.74) is 0.0943. The minimum atomic E-state index is 0.0943. The van der Waals surface area contributed by atoms with Crippen LogP contribution in [0, 0.1) is 11.3 Å². The molecule has 0 aromatic heterocycles. The van der Waals surface area contributed by atoms with E-state index in [-0.39, 0.29) is 23.3 Å². The maximum absolute atomic E-state index is 11.3. The van der Waals surface area contributed by atoms with Gasteiger partial charge in [-0.2, -0.15) is 0 Å². The third-order valence-corrected chi connectivity index (χ3v) is 3.59. The van der Waals surface area contributed by atoms with Gasteiger partial charge in [-0.3, -0.25) is 4.79 Å². The summed E-state index contributed by atoms with van der Waals surface area (Å²) in [5.74, 6) is 0.308. The summed E-state index contributed by atoms with van der Waals surface area (Å²) in [4.78, 5) is 11.3. The standard InChI is InChI=1S/C9H15NO2/c1-6-8(11)10-5-9(6)3-4-12-7(9)2/h6-7H,3-5H2,1-2H3,(H,10,11). The van der Waals surface area contributed by atoms with Gasteiger partial charge in [-0.15, -0.1) is 0 Å². The Bertz CT molecular complexity index is 217. The van der Waals surface area contributed by atoms with Gasteiger partial charge in [0.2, 0.25) is 5.91 Å². The number of amides is 1. The van der Waals surface area contributed by atoms with E-state index in [1.807, 2.05) is 6.92 Å². The van der Waals surface area contributed by atoms with Crippen LogP contribution < -0.4 is 5.32 Å². The van der Waals surface area contributed by atoms with Gasteiger partial charge in [0.25, 0.3) is 0 Å². The van der Waals surface area contributed by atoms with E-state index in [0.29, 0.717) is 0 Å². The molecule has 2 saturated heterocycles. The van der Waals surface area contributed by atoms with E-state index in [9.17, 15) is 4.79 Å². The van der Waals surface area contributed by atoms with Crippen LogP contribution >= 0.6 is 0 Å². The van der Waals surface area contributed by atoms with Crippen LogP contribution in [0.1, 0.15) is 20.3 Å². The van der Waals surface area contributed by atoms with E-state index in [4.69, 9.17) is 4.74 Å². The molecule has 0 radical (unpaired) electrons. The van der Waals surface area contributed by atoms with Crippen molar-refractivity contribution in [3.8, 4) is 0 Å². The van der Waals surface area contributed by atoms with Crippen molar-refractivity contribution in [2.45, 2.75) is 26.4 Å². The summed E-state index contributed by atoms with van der Waals surface area (Å²) in [6.45, 7) is 5.69. The Morgan fingerprint density at radius 3 is 2.75 bits per heavy atom. The molecule has 3 unspecified atom stereocenters. The maximum Gasteiger partial charge on any atom is 0.223 e. The summed E-state index contributed by atoms with van der Waals surface area (Å²) in [5, 5.41) is 2.91. The van der Waals surface area contributed by atoms with Crippen molar-refractivity contribution < 1.29 is 9.53 Å². The summed E-state index contributed by atoms with van der Waals surface area (Å²) in [6, 6.07) is 0. The van der Waals surface area contributed by atoms with Crippen molar-refractivity contribution in [3.63, 3.8) is 0 Å². The van der Waals surface area contributed by atoms with Crippen molar-refractivity contribution in [3.05, 3.63) is 0 Å². The Labute approximate surface area is 72.5 Å². The quantitative estimate of drug-likeness (QED) is 0.575. The van der Waals surface area contributed by atoms with E-state index in [0.717, 1.165) is 19.6 Å². The lowest BCUT2D eigenvalue weighted by Crippen LogP contribution is -2.35. The van der Waals surface area contributed by atoms with E-state index >= 15 is 0 Å². The Hall–Kier alpha value is -0.570. The van der Waals surface area contributed by atoms with Gasteiger partial charge in [-0.1, -0.05) is 6.92 Å². The fraction of sp³-hybridized carbons (Fsp3) is 0.889. The number of ether oxygens (including phenoxy) is 1. The van der Waals surface area contributed by atoms with Gasteiger partial charge < -0.3 is 10.1 Å². The molecule has 2 aliphatic rings. The maximum atomic E-state index is 11.3. The molecule has 1 spiro atoms. The minimum absolute atomic E-state index is 0.0943. The van der Waals surface area contributed by atoms with Gasteiger partial charge in [-0.05, 0) is 13.3 Å². The first-order chi connectivity index (χ1) is 5.67. The van der Waals surface area contributed by atoms with Gasteiger partial charge in [0.1, 0.15) is 0 Å². The lowest BCUT2D eigenvalue weighted by Gasteiger charge is -2.28. The second-order valence-electron chi connectivity index (χ2n) is 3.94. The third-order valence-electron chi connectivity index (χ3n) is 3.59. The van der Waals surface area contributed by atoms with Gasteiger partial charge >= 0.3 is 0 Å². The molecule has 0 aliphatic carbocycles. The van der Waals surface area contributed by atoms with Crippen LogP contribution in [0.4, 0.5) is 0 Å². The number of hydrogen-bond acceptors (Lipinski definition) is 2. The highest BCUT2D eigenvalue weighted by Gasteiger charge is 2.52. The highest BCUT2D eigenvalue weighted by atomic mass is 16.5. The number of hydrogen-bond donors (Lipinski definition) is 1. The number of nitrogens with one attached hydrogen (secondary N) is 1. The van der Waals surface area contributed by atoms with Crippen LogP contribution in [0.15, 0.2) is 0 Å². The van der Waals surface area contributed by atoms with Gasteiger partial charge in [0, 0.05) is 24.5 Å². The Kier molecular flexibility index (Phi) is 1.65. The molecule has 3 nitrogen and oxygen atoms in total. The van der Waals surface area contributed by atoms with Crippen molar-refractivity contribution in [1.82, 2.24) is 5.32 Å². The molecular formula is C9H15NO2. The number of rotatable bonds is 0. The van der Waals surface area contributed by atoms with Crippen molar-refractivity contribution in [2.24, 2.45) is 11.3 Å². The Morgan fingerprint density at radius 1 is 1.58 bits per heavy atom. The lowest BCUT2D eigenvalue weighted by atomic mass is 9.74. The fourth-order valence-corrected chi connectivity index (χ4v) is 2.41. The van der Waals surface area contributed by atoms with Crippen LogP contribution in [0.2, 0.25) is 0 Å². The van der Waals surface area contributed by atoms with Crippen LogP contribution in [-0.2, 0) is 9.53 Å². The summed E-state index contributed by atoms with van der Waals surface area (Å²) < 4.78 is 5.52. The van der Waals surface area contributed by atoms with Crippen molar-refractivity contribution >= 4 is 5.91 Å². The van der Waals surface area contributed by atoms with Gasteiger partial charge in [0.05, 0.1) is 6.10 Å². The second kappa shape index (κ2) is 2.46. The predicted octanol–water partition coefficient (Wildman–Crippen LogP) is 0.547. The van der Waals surface area contributed by atoms with Crippen molar-refractivity contribution in [2.75, 3.05) is 13.2 Å². The van der Waals surface area contributed by atoms with Crippen LogP contribution in [0.5, 0.6) is 0 Å². The molecule has 2 rings (SSSR count). The van der Waals surface area contributed by atoms with E-state index in [1.54, 1.807) is 0 Å². The zero-order valence-corrected chi connectivity index (χ0v) is 7.59. The van der Waals surface area contributed by atoms with E-state index < -0.39 is 0 Å². The second-order valence-corrected chi connectivity index (χ2v) is 3.94. The first-order valence-corrected chi connectivity index (χ1v) is 4.56. The zero-order chi connectivity index (χ0) is 8.77. The SMILES string of the molecule is CC1OCCC12CNC(=O)C2C. The molecule has 1 amide bonds. The summed E-state index contributed by atoms with van der Waals surface area (Å²) >= 11 is 0. The average Bonchev–Trinajstić information content (AvgIpc) is 2.54. The topological polar surface area (TPSA) is 38.3 Å². The Balaban J connectivity index is 2.26. The smallest absolute Gasteiger partial charge is 0.223 e. The molecule has 0 aromatic rings. The zero-order valence-electron chi connectivity index (χ0n) is 7.59. The minimum Gasteiger partial charge on any atom is -0.378 e. The van der Waals surface area contributed by atoms with E-state index in [2.05, 4.69) is 12.2 Å². The molecule has 3 atom stereocenters. The highest BCUT2D eigenvalue weighted by molar-refractivity contribution is 5.81. The predicted molar refractivity (Wildman–Crippen MR) is 44.6 cm³/mol. The van der Waals surface area contributed by atoms with Crippen LogP contribution in [0.25, 0.3) is 0 Å². The lowest BCUT2D eigenvalue weighted by molar-refractivity contribution is -0.123. The van der Waals surface area contributed by atoms with Gasteiger partial charge in [-0.25, -0.2) is 0 Å². The molecule has 2 fully saturated rings. The Morgan fingerprint density at radius 2 is 2.33 bits per heavy atom. The van der Waals surface area contributed by atoms with E-state index in [1.165, 1.54) is 0 Å². The van der Waals surface area contributed by atoms with Gasteiger partial charge in [0.15, 0.2) is 0 Å². The molecule has 2 aliphatic heterocycles. The molecule has 0 bridgehead atoms. The first kappa shape index (κ1) is 8.05. The highest BCUT2D eigenvalue weighted by Crippen LogP contribution is 2.44. The van der Waals surface area contributed by atoms with Crippen molar-refractivity contribution in [1.29, 1.82) is 0 Å². The fourth-order valence-electron chi connectivity index (χ4n) is 2.41. The monoisotopic (exact) mass is 169 g/mol. The molecular weight excluding hydrogens is 154 g/mol. The molecule has 2 heterocycles. The molecule has 0 aromatic carbocycles. The molecule has 0 saturated carbocycles. The molecule has 68 valence electrons. The number of carbonyl (C=O) groups is 1. The molecule has 1 N–H and O–H groups in total. The molecule has 12 heavy (non-hydrogen) atoms. The van der Waals surface area contributed by atoms with Crippen LogP contribution in [0.3, 0.4) is 0 Å². The third kappa shape index (κ3) is 0.829. The first-order valence-electron chi connectivity index (χ1n) is 4.56. The van der Waals surface area contributed by atoms with Crippen LogP contribution in [-0.4, -0.2) is 25.2 Å². The number of carbonyl (C=O) groups excluding carboxylic acids is 1. The normalized spacial score (nSPS) is 47.0.